The average molecular weight is 251 g/mol. The molecule has 0 aliphatic heterocycles. The van der Waals surface area contributed by atoms with E-state index in [1.165, 1.54) is 14.2 Å². The maximum Gasteiger partial charge on any atom is 0.339 e. The van der Waals surface area contributed by atoms with Crippen molar-refractivity contribution in [3.05, 3.63) is 29.6 Å². The predicted octanol–water partition coefficient (Wildman–Crippen LogP) is 1.61. The van der Waals surface area contributed by atoms with Crippen molar-refractivity contribution in [2.24, 2.45) is 5.92 Å². The van der Waals surface area contributed by atoms with Crippen LogP contribution >= 0.6 is 0 Å². The number of hydrogen-bond acceptors (Lipinski definition) is 5. The summed E-state index contributed by atoms with van der Waals surface area (Å²) >= 11 is 0. The van der Waals surface area contributed by atoms with E-state index >= 15 is 0 Å². The first-order chi connectivity index (χ1) is 8.60. The van der Waals surface area contributed by atoms with Crippen LogP contribution < -0.4 is 0 Å². The van der Waals surface area contributed by atoms with Crippen molar-refractivity contribution < 1.29 is 19.1 Å². The van der Waals surface area contributed by atoms with E-state index in [1.54, 1.807) is 25.3 Å². The number of aromatic nitrogens is 1. The Morgan fingerprint density at radius 1 is 1.33 bits per heavy atom. The van der Waals surface area contributed by atoms with Crippen molar-refractivity contribution in [1.82, 2.24) is 4.98 Å². The molecule has 1 aromatic rings. The smallest absolute Gasteiger partial charge is 0.339 e. The van der Waals surface area contributed by atoms with Gasteiger partial charge in [-0.3, -0.25) is 9.78 Å². The fraction of sp³-hybridized carbons (Fsp3) is 0.462. The number of carbonyl (C=O) groups is 2. The fourth-order valence-electron chi connectivity index (χ4n) is 1.61. The van der Waals surface area contributed by atoms with Gasteiger partial charge in [-0.05, 0) is 25.0 Å². The first-order valence-corrected chi connectivity index (χ1v) is 5.70. The summed E-state index contributed by atoms with van der Waals surface area (Å²) in [6, 6.07) is 3.34. The Hall–Kier alpha value is -1.91. The molecule has 0 saturated heterocycles. The molecule has 98 valence electrons. The Balaban J connectivity index is 2.73. The van der Waals surface area contributed by atoms with Gasteiger partial charge in [-0.25, -0.2) is 4.79 Å². The van der Waals surface area contributed by atoms with Gasteiger partial charge in [-0.15, -0.1) is 0 Å². The number of ether oxygens (including phenoxy) is 2. The van der Waals surface area contributed by atoms with Crippen molar-refractivity contribution in [2.45, 2.75) is 19.8 Å². The van der Waals surface area contributed by atoms with Gasteiger partial charge >= 0.3 is 11.9 Å². The molecular weight excluding hydrogens is 234 g/mol. The van der Waals surface area contributed by atoms with E-state index in [1.807, 2.05) is 0 Å². The first kappa shape index (κ1) is 14.2. The van der Waals surface area contributed by atoms with E-state index in [-0.39, 0.29) is 11.9 Å². The Labute approximate surface area is 106 Å². The largest absolute Gasteiger partial charge is 0.469 e. The van der Waals surface area contributed by atoms with Crippen LogP contribution in [0.5, 0.6) is 0 Å². The molecule has 0 N–H and O–H groups in total. The third-order valence-electron chi connectivity index (χ3n) is 2.71. The van der Waals surface area contributed by atoms with Crippen molar-refractivity contribution in [1.29, 1.82) is 0 Å². The molecule has 1 rings (SSSR count). The minimum atomic E-state index is -0.413. The summed E-state index contributed by atoms with van der Waals surface area (Å²) < 4.78 is 9.33. The lowest BCUT2D eigenvalue weighted by Gasteiger charge is -2.10. The van der Waals surface area contributed by atoms with Gasteiger partial charge in [0.1, 0.15) is 0 Å². The summed E-state index contributed by atoms with van der Waals surface area (Å²) in [5.74, 6) is -0.892. The summed E-state index contributed by atoms with van der Waals surface area (Å²) in [5, 5.41) is 0. The molecule has 0 fully saturated rings. The highest BCUT2D eigenvalue weighted by Gasteiger charge is 2.16. The Morgan fingerprint density at radius 2 is 2.06 bits per heavy atom. The van der Waals surface area contributed by atoms with Crippen LogP contribution in [0.15, 0.2) is 18.3 Å². The molecule has 0 aliphatic rings. The van der Waals surface area contributed by atoms with Crippen LogP contribution in [0.3, 0.4) is 0 Å². The number of rotatable bonds is 5. The van der Waals surface area contributed by atoms with Gasteiger partial charge in [-0.2, -0.15) is 0 Å². The predicted molar refractivity (Wildman–Crippen MR) is 65.1 cm³/mol. The zero-order valence-electron chi connectivity index (χ0n) is 10.8. The molecule has 0 amide bonds. The number of hydrogen-bond donors (Lipinski definition) is 0. The minimum absolute atomic E-state index is 0.220. The molecule has 1 unspecified atom stereocenters. The topological polar surface area (TPSA) is 65.5 Å². The van der Waals surface area contributed by atoms with Crippen LogP contribution in [0.1, 0.15) is 29.4 Å². The number of aryl methyl sites for hydroxylation is 1. The normalized spacial score (nSPS) is 11.7. The number of carbonyl (C=O) groups excluding carboxylic acids is 2. The lowest BCUT2D eigenvalue weighted by atomic mass is 10.0. The quantitative estimate of drug-likeness (QED) is 0.744. The lowest BCUT2D eigenvalue weighted by Crippen LogP contribution is -2.15. The number of nitrogens with zero attached hydrogens (tertiary/aromatic N) is 1. The molecular formula is C13H17NO4. The van der Waals surface area contributed by atoms with Gasteiger partial charge in [-0.1, -0.05) is 6.92 Å². The van der Waals surface area contributed by atoms with Gasteiger partial charge in [0.25, 0.3) is 0 Å². The maximum atomic E-state index is 11.5. The lowest BCUT2D eigenvalue weighted by molar-refractivity contribution is -0.145. The summed E-state index contributed by atoms with van der Waals surface area (Å²) in [6.45, 7) is 1.78. The van der Waals surface area contributed by atoms with Crippen molar-refractivity contribution in [2.75, 3.05) is 14.2 Å². The molecule has 18 heavy (non-hydrogen) atoms. The van der Waals surface area contributed by atoms with Gasteiger partial charge in [0.05, 0.1) is 31.4 Å². The van der Waals surface area contributed by atoms with Gasteiger partial charge in [0.2, 0.25) is 0 Å². The van der Waals surface area contributed by atoms with Crippen LogP contribution in [0, 0.1) is 5.92 Å². The fourth-order valence-corrected chi connectivity index (χ4v) is 1.61. The molecule has 1 heterocycles. The van der Waals surface area contributed by atoms with Crippen LogP contribution in [-0.4, -0.2) is 31.1 Å². The zero-order valence-corrected chi connectivity index (χ0v) is 10.8. The van der Waals surface area contributed by atoms with Crippen LogP contribution in [0.2, 0.25) is 0 Å². The molecule has 5 heteroatoms. The minimum Gasteiger partial charge on any atom is -0.469 e. The summed E-state index contributed by atoms with van der Waals surface area (Å²) in [4.78, 5) is 26.9. The van der Waals surface area contributed by atoms with E-state index in [0.717, 1.165) is 0 Å². The third-order valence-corrected chi connectivity index (χ3v) is 2.71. The van der Waals surface area contributed by atoms with Crippen molar-refractivity contribution in [3.8, 4) is 0 Å². The van der Waals surface area contributed by atoms with Crippen molar-refractivity contribution >= 4 is 11.9 Å². The number of pyridine rings is 1. The first-order valence-electron chi connectivity index (χ1n) is 5.70. The highest BCUT2D eigenvalue weighted by atomic mass is 16.5. The standard InChI is InChI=1S/C13H17NO4/c1-9(12(15)17-2)6-7-11-10(13(16)18-3)5-4-8-14-11/h4-5,8-9H,6-7H2,1-3H3. The van der Waals surface area contributed by atoms with Crippen LogP contribution in [0.25, 0.3) is 0 Å². The second-order valence-electron chi connectivity index (χ2n) is 3.95. The second-order valence-corrected chi connectivity index (χ2v) is 3.95. The average Bonchev–Trinajstić information content (AvgIpc) is 2.43. The highest BCUT2D eigenvalue weighted by Crippen LogP contribution is 2.13. The van der Waals surface area contributed by atoms with Crippen molar-refractivity contribution in [3.63, 3.8) is 0 Å². The van der Waals surface area contributed by atoms with Crippen LogP contribution in [-0.2, 0) is 20.7 Å². The van der Waals surface area contributed by atoms with Gasteiger partial charge in [0, 0.05) is 6.20 Å². The maximum absolute atomic E-state index is 11.5. The summed E-state index contributed by atoms with van der Waals surface area (Å²) in [6.07, 6.45) is 2.72. The van der Waals surface area contributed by atoms with E-state index in [0.29, 0.717) is 24.1 Å². The monoisotopic (exact) mass is 251 g/mol. The van der Waals surface area contributed by atoms with Gasteiger partial charge in [0.15, 0.2) is 0 Å². The number of methoxy groups -OCH3 is 2. The summed E-state index contributed by atoms with van der Waals surface area (Å²) in [7, 11) is 2.69. The molecule has 1 atom stereocenters. The van der Waals surface area contributed by atoms with E-state index in [4.69, 9.17) is 0 Å². The Morgan fingerprint density at radius 3 is 2.67 bits per heavy atom. The van der Waals surface area contributed by atoms with E-state index in [9.17, 15) is 9.59 Å². The number of esters is 2. The van der Waals surface area contributed by atoms with E-state index < -0.39 is 5.97 Å². The molecule has 1 aromatic heterocycles. The Kier molecular flexibility index (Phi) is 5.30. The summed E-state index contributed by atoms with van der Waals surface area (Å²) in [5.41, 5.74) is 1.08. The molecule has 0 bridgehead atoms. The molecule has 0 aromatic carbocycles. The zero-order chi connectivity index (χ0) is 13.5. The molecule has 5 nitrogen and oxygen atoms in total. The van der Waals surface area contributed by atoms with Crippen LogP contribution in [0.4, 0.5) is 0 Å². The SMILES string of the molecule is COC(=O)c1cccnc1CCC(C)C(=O)OC. The second kappa shape index (κ2) is 6.74. The Bertz CT molecular complexity index is 431. The molecule has 0 radical (unpaired) electrons. The highest BCUT2D eigenvalue weighted by molar-refractivity contribution is 5.90. The van der Waals surface area contributed by atoms with Gasteiger partial charge < -0.3 is 9.47 Å². The third kappa shape index (κ3) is 3.55. The molecule has 0 spiro atoms. The molecule has 0 aliphatic carbocycles. The molecule has 0 saturated carbocycles. The van der Waals surface area contributed by atoms with E-state index in [2.05, 4.69) is 14.5 Å².